The molecule has 4 N–H and O–H groups in total. The number of ether oxygens (including phenoxy) is 1. The fourth-order valence-corrected chi connectivity index (χ4v) is 3.91. The van der Waals surface area contributed by atoms with E-state index in [1.54, 1.807) is 6.33 Å². The van der Waals surface area contributed by atoms with Crippen LogP contribution in [0.2, 0.25) is 0 Å². The first-order chi connectivity index (χ1) is 14.2. The number of nitrogens with zero attached hydrogens (tertiary/aromatic N) is 3. The average Bonchev–Trinajstić information content (AvgIpc) is 3.10. The number of nitrogens with one attached hydrogen (secondary N) is 2. The predicted molar refractivity (Wildman–Crippen MR) is 124 cm³/mol. The molecule has 0 atom stereocenters. The molecule has 5 rings (SSSR count). The number of hydrogen-bond acceptors (Lipinski definition) is 6. The highest BCUT2D eigenvalue weighted by molar-refractivity contribution is 5.98. The van der Waals surface area contributed by atoms with E-state index in [-0.39, 0.29) is 18.5 Å². The third kappa shape index (κ3) is 3.86. The second-order valence-electron chi connectivity index (χ2n) is 7.62. The van der Waals surface area contributed by atoms with Crippen LogP contribution in [0.3, 0.4) is 0 Å². The van der Waals surface area contributed by atoms with Gasteiger partial charge in [-0.3, -0.25) is 0 Å². The lowest BCUT2D eigenvalue weighted by Gasteiger charge is -2.29. The van der Waals surface area contributed by atoms with Gasteiger partial charge in [0.05, 0.1) is 16.6 Å². The van der Waals surface area contributed by atoms with Crippen LogP contribution in [0.1, 0.15) is 12.8 Å². The van der Waals surface area contributed by atoms with E-state index in [9.17, 15) is 0 Å². The van der Waals surface area contributed by atoms with Gasteiger partial charge in [0.1, 0.15) is 24.0 Å². The number of likely N-dealkylation sites (tertiary alicyclic amines) is 1. The van der Waals surface area contributed by atoms with Crippen LogP contribution in [0.4, 0.5) is 17.2 Å². The topological polar surface area (TPSA) is 92.1 Å². The summed E-state index contributed by atoms with van der Waals surface area (Å²) in [6, 6.07) is 12.0. The van der Waals surface area contributed by atoms with Crippen molar-refractivity contribution in [1.82, 2.24) is 19.9 Å². The molecule has 1 fully saturated rings. The van der Waals surface area contributed by atoms with Gasteiger partial charge in [0.25, 0.3) is 0 Å². The second kappa shape index (κ2) is 8.38. The standard InChI is InChI=1S/C22H24N6O.ClH/c1-28-9-7-15(8-10-28)29-20-4-2-3-19-21(20)22(26-13-25-19)27-14-5-6-18-16(11-14)17(23)12-24-18;/h2-6,11-13,15,24H,7-10,23H2,1H3,(H,25,26,27);1H. The normalized spacial score (nSPS) is 15.2. The van der Waals surface area contributed by atoms with Crippen LogP contribution >= 0.6 is 12.4 Å². The van der Waals surface area contributed by atoms with Crippen LogP contribution in [-0.2, 0) is 0 Å². The molecular weight excluding hydrogens is 400 g/mol. The van der Waals surface area contributed by atoms with E-state index >= 15 is 0 Å². The highest BCUT2D eigenvalue weighted by Crippen LogP contribution is 2.34. The first-order valence-corrected chi connectivity index (χ1v) is 9.90. The van der Waals surface area contributed by atoms with Crippen LogP contribution in [0, 0.1) is 0 Å². The zero-order chi connectivity index (χ0) is 19.8. The zero-order valence-corrected chi connectivity index (χ0v) is 17.6. The number of nitrogens with two attached hydrogens (primary N) is 1. The van der Waals surface area contributed by atoms with E-state index in [0.717, 1.165) is 70.7 Å². The SMILES string of the molecule is CN1CCC(Oc2cccc3ncnc(Nc4ccc5[nH]cc(N)c5c4)c23)CC1.Cl. The third-order valence-corrected chi connectivity index (χ3v) is 5.56. The van der Waals surface area contributed by atoms with Gasteiger partial charge in [-0.25, -0.2) is 9.97 Å². The summed E-state index contributed by atoms with van der Waals surface area (Å²) in [5, 5.41) is 5.31. The maximum Gasteiger partial charge on any atom is 0.145 e. The highest BCUT2D eigenvalue weighted by Gasteiger charge is 2.20. The number of nitrogen functional groups attached to an aromatic ring is 1. The minimum absolute atomic E-state index is 0. The van der Waals surface area contributed by atoms with Crippen LogP contribution in [0.25, 0.3) is 21.8 Å². The smallest absolute Gasteiger partial charge is 0.145 e. The number of aromatic nitrogens is 3. The Hall–Kier alpha value is -3.03. The summed E-state index contributed by atoms with van der Waals surface area (Å²) in [4.78, 5) is 14.4. The van der Waals surface area contributed by atoms with Crippen molar-refractivity contribution in [3.63, 3.8) is 0 Å². The van der Waals surface area contributed by atoms with Gasteiger partial charge in [0.2, 0.25) is 0 Å². The first-order valence-electron chi connectivity index (χ1n) is 9.90. The fraction of sp³-hybridized carbons (Fsp3) is 0.273. The molecule has 156 valence electrons. The van der Waals surface area contributed by atoms with E-state index in [0.29, 0.717) is 0 Å². The Bertz CT molecular complexity index is 1160. The monoisotopic (exact) mass is 424 g/mol. The fourth-order valence-electron chi connectivity index (χ4n) is 3.91. The summed E-state index contributed by atoms with van der Waals surface area (Å²) in [7, 11) is 2.15. The van der Waals surface area contributed by atoms with Gasteiger partial charge >= 0.3 is 0 Å². The molecule has 0 spiro atoms. The van der Waals surface area contributed by atoms with E-state index in [1.807, 2.05) is 42.6 Å². The quantitative estimate of drug-likeness (QED) is 0.451. The van der Waals surface area contributed by atoms with E-state index in [2.05, 4.69) is 32.2 Å². The van der Waals surface area contributed by atoms with Gasteiger partial charge < -0.3 is 25.7 Å². The molecule has 30 heavy (non-hydrogen) atoms. The summed E-state index contributed by atoms with van der Waals surface area (Å²) in [6.45, 7) is 2.10. The van der Waals surface area contributed by atoms with Crippen LogP contribution in [0.15, 0.2) is 48.9 Å². The Kier molecular flexibility index (Phi) is 5.65. The molecule has 0 amide bonds. The summed E-state index contributed by atoms with van der Waals surface area (Å²) in [6.07, 6.45) is 5.63. The molecule has 0 radical (unpaired) electrons. The van der Waals surface area contributed by atoms with Crippen LogP contribution in [0.5, 0.6) is 5.75 Å². The number of benzene rings is 2. The number of rotatable bonds is 4. The number of halogens is 1. The minimum atomic E-state index is 0. The van der Waals surface area contributed by atoms with Crippen molar-refractivity contribution in [2.75, 3.05) is 31.2 Å². The van der Waals surface area contributed by atoms with Gasteiger partial charge in [-0.05, 0) is 50.2 Å². The Morgan fingerprint density at radius 1 is 1.17 bits per heavy atom. The molecule has 8 heteroatoms. The molecular formula is C22H25ClN6O. The number of fused-ring (bicyclic) bond motifs is 2. The first kappa shape index (κ1) is 20.3. The third-order valence-electron chi connectivity index (χ3n) is 5.56. The lowest BCUT2D eigenvalue weighted by Crippen LogP contribution is -2.35. The minimum Gasteiger partial charge on any atom is -0.489 e. The van der Waals surface area contributed by atoms with Crippen molar-refractivity contribution in [2.45, 2.75) is 18.9 Å². The van der Waals surface area contributed by atoms with Crippen molar-refractivity contribution >= 4 is 51.4 Å². The van der Waals surface area contributed by atoms with E-state index < -0.39 is 0 Å². The maximum absolute atomic E-state index is 6.40. The molecule has 0 bridgehead atoms. The second-order valence-corrected chi connectivity index (χ2v) is 7.62. The largest absolute Gasteiger partial charge is 0.489 e. The van der Waals surface area contributed by atoms with Crippen molar-refractivity contribution in [1.29, 1.82) is 0 Å². The van der Waals surface area contributed by atoms with Crippen molar-refractivity contribution in [3.05, 3.63) is 48.9 Å². The van der Waals surface area contributed by atoms with Gasteiger partial charge in [-0.1, -0.05) is 6.07 Å². The molecule has 4 aromatic rings. The molecule has 1 saturated heterocycles. The van der Waals surface area contributed by atoms with E-state index in [4.69, 9.17) is 10.5 Å². The van der Waals surface area contributed by atoms with Crippen molar-refractivity contribution < 1.29 is 4.74 Å². The highest BCUT2D eigenvalue weighted by atomic mass is 35.5. The lowest BCUT2D eigenvalue weighted by molar-refractivity contribution is 0.116. The summed E-state index contributed by atoms with van der Waals surface area (Å²) in [5.41, 5.74) is 9.56. The molecule has 1 aliphatic heterocycles. The molecule has 0 aliphatic carbocycles. The Labute approximate surface area is 181 Å². The number of piperidine rings is 1. The van der Waals surface area contributed by atoms with Crippen LogP contribution < -0.4 is 15.8 Å². The van der Waals surface area contributed by atoms with E-state index in [1.165, 1.54) is 0 Å². The zero-order valence-electron chi connectivity index (χ0n) is 16.8. The summed E-state index contributed by atoms with van der Waals surface area (Å²) >= 11 is 0. The van der Waals surface area contributed by atoms with Gasteiger partial charge in [0.15, 0.2) is 0 Å². The molecule has 0 saturated carbocycles. The Morgan fingerprint density at radius 3 is 2.83 bits per heavy atom. The number of aromatic amines is 1. The van der Waals surface area contributed by atoms with Gasteiger partial charge in [-0.2, -0.15) is 0 Å². The van der Waals surface area contributed by atoms with Gasteiger partial charge in [-0.15, -0.1) is 12.4 Å². The Balaban J connectivity index is 0.00000218. The summed E-state index contributed by atoms with van der Waals surface area (Å²) < 4.78 is 6.40. The average molecular weight is 425 g/mol. The number of anilines is 3. The molecule has 2 aromatic carbocycles. The van der Waals surface area contributed by atoms with Crippen molar-refractivity contribution in [2.24, 2.45) is 0 Å². The lowest BCUT2D eigenvalue weighted by atomic mass is 10.1. The number of H-pyrrole nitrogens is 1. The number of hydrogen-bond donors (Lipinski definition) is 3. The molecule has 1 aliphatic rings. The predicted octanol–water partition coefficient (Wildman–Crippen LogP) is 4.33. The molecule has 3 heterocycles. The van der Waals surface area contributed by atoms with Crippen LogP contribution in [-0.4, -0.2) is 46.1 Å². The maximum atomic E-state index is 6.40. The van der Waals surface area contributed by atoms with Crippen molar-refractivity contribution in [3.8, 4) is 5.75 Å². The summed E-state index contributed by atoms with van der Waals surface area (Å²) in [5.74, 6) is 1.55. The molecule has 0 unspecified atom stereocenters. The molecule has 7 nitrogen and oxygen atoms in total. The van der Waals surface area contributed by atoms with Gasteiger partial charge in [0, 0.05) is 35.9 Å². The Morgan fingerprint density at radius 2 is 2.00 bits per heavy atom. The molecule has 2 aromatic heterocycles.